The molecule has 37 heavy (non-hydrogen) atoms. The van der Waals surface area contributed by atoms with Crippen LogP contribution in [0.25, 0.3) is 0 Å². The summed E-state index contributed by atoms with van der Waals surface area (Å²) < 4.78 is 0. The summed E-state index contributed by atoms with van der Waals surface area (Å²) in [6, 6.07) is 30.2. The standard InChI is InChI=1S/4C7H6O2.Zr/c4*8-6-4-2-1-3-5-7(6)9;/h4*1-5H,(H,8,9);. The Balaban J connectivity index is 0.000000463. The van der Waals surface area contributed by atoms with Crippen molar-refractivity contribution < 1.29 is 46.6 Å². The molecule has 8 nitrogen and oxygen atoms in total. The molecule has 0 fully saturated rings. The van der Waals surface area contributed by atoms with Crippen LogP contribution < -0.4 is 21.7 Å². The molecule has 0 saturated carbocycles. The van der Waals surface area contributed by atoms with E-state index in [1.807, 2.05) is 0 Å². The molecule has 0 aromatic heterocycles. The van der Waals surface area contributed by atoms with Crippen LogP contribution in [-0.2, 0) is 26.2 Å². The van der Waals surface area contributed by atoms with E-state index in [9.17, 15) is 19.2 Å². The van der Waals surface area contributed by atoms with E-state index in [1.165, 1.54) is 48.5 Å². The van der Waals surface area contributed by atoms with Gasteiger partial charge in [-0.25, -0.2) is 0 Å². The molecule has 4 aromatic rings. The number of rotatable bonds is 0. The van der Waals surface area contributed by atoms with Gasteiger partial charge in [0, 0.05) is 26.2 Å². The SMILES string of the molecule is O=c1cccccc1O.O=c1cccccc1O.O=c1cccccc1O.O=c1cccccc1O.[Zr]. The van der Waals surface area contributed by atoms with Crippen LogP contribution in [0.4, 0.5) is 0 Å². The average molecular weight is 580 g/mol. The van der Waals surface area contributed by atoms with E-state index in [0.29, 0.717) is 0 Å². The average Bonchev–Trinajstić information content (AvgIpc) is 3.34. The first-order chi connectivity index (χ1) is 17.2. The van der Waals surface area contributed by atoms with E-state index < -0.39 is 0 Å². The van der Waals surface area contributed by atoms with Crippen molar-refractivity contribution in [2.75, 3.05) is 0 Å². The van der Waals surface area contributed by atoms with Crippen LogP contribution in [0.5, 0.6) is 23.0 Å². The molecule has 4 aromatic carbocycles. The summed E-state index contributed by atoms with van der Waals surface area (Å²) in [6.45, 7) is 0. The monoisotopic (exact) mass is 578 g/mol. The predicted octanol–water partition coefficient (Wildman–Crippen LogP) is 3.01. The van der Waals surface area contributed by atoms with Gasteiger partial charge in [-0.1, -0.05) is 72.8 Å². The minimum atomic E-state index is -0.347. The first-order valence-electron chi connectivity index (χ1n) is 10.4. The molecule has 0 aliphatic carbocycles. The zero-order valence-electron chi connectivity index (χ0n) is 19.5. The maximum Gasteiger partial charge on any atom is 0.220 e. The van der Waals surface area contributed by atoms with Crippen molar-refractivity contribution in [3.8, 4) is 23.0 Å². The van der Waals surface area contributed by atoms with E-state index in [0.717, 1.165) is 0 Å². The van der Waals surface area contributed by atoms with Gasteiger partial charge < -0.3 is 20.4 Å². The normalized spacial score (nSPS) is 8.65. The van der Waals surface area contributed by atoms with Crippen molar-refractivity contribution in [3.63, 3.8) is 0 Å². The fraction of sp³-hybridized carbons (Fsp3) is 0. The second-order valence-electron chi connectivity index (χ2n) is 6.64. The third-order valence-corrected chi connectivity index (χ3v) is 3.91. The smallest absolute Gasteiger partial charge is 0.220 e. The minimum absolute atomic E-state index is 0. The van der Waals surface area contributed by atoms with Crippen molar-refractivity contribution in [2.45, 2.75) is 0 Å². The summed E-state index contributed by atoms with van der Waals surface area (Å²) in [5.74, 6) is -0.833. The van der Waals surface area contributed by atoms with Gasteiger partial charge in [0.1, 0.15) is 0 Å². The summed E-state index contributed by atoms with van der Waals surface area (Å²) in [7, 11) is 0. The second kappa shape index (κ2) is 18.9. The second-order valence-corrected chi connectivity index (χ2v) is 6.64. The minimum Gasteiger partial charge on any atom is -0.504 e. The van der Waals surface area contributed by atoms with Crippen molar-refractivity contribution >= 4 is 0 Å². The van der Waals surface area contributed by atoms with Crippen LogP contribution in [-0.4, -0.2) is 20.4 Å². The zero-order chi connectivity index (χ0) is 26.8. The molecule has 188 valence electrons. The topological polar surface area (TPSA) is 149 Å². The molecular weight excluding hydrogens is 556 g/mol. The molecule has 0 bridgehead atoms. The number of hydrogen-bond acceptors (Lipinski definition) is 8. The quantitative estimate of drug-likeness (QED) is 0.248. The summed E-state index contributed by atoms with van der Waals surface area (Å²) in [6.07, 6.45) is 0. The molecule has 0 atom stereocenters. The number of hydrogen-bond donors (Lipinski definition) is 4. The summed E-state index contributed by atoms with van der Waals surface area (Å²) >= 11 is 0. The molecule has 0 heterocycles. The maximum atomic E-state index is 10.6. The van der Waals surface area contributed by atoms with E-state index >= 15 is 0 Å². The van der Waals surface area contributed by atoms with Crippen LogP contribution in [0.2, 0.25) is 0 Å². The van der Waals surface area contributed by atoms with Gasteiger partial charge in [-0.2, -0.15) is 0 Å². The molecule has 0 spiro atoms. The molecule has 0 aliphatic rings. The molecule has 0 saturated heterocycles. The van der Waals surface area contributed by atoms with Gasteiger partial charge in [0.05, 0.1) is 0 Å². The van der Waals surface area contributed by atoms with Crippen molar-refractivity contribution in [1.29, 1.82) is 0 Å². The van der Waals surface area contributed by atoms with Gasteiger partial charge in [-0.15, -0.1) is 0 Å². The van der Waals surface area contributed by atoms with Crippen molar-refractivity contribution in [1.82, 2.24) is 0 Å². The van der Waals surface area contributed by atoms with E-state index in [1.54, 1.807) is 72.8 Å². The first kappa shape index (κ1) is 32.6. The molecule has 0 radical (unpaired) electrons. The van der Waals surface area contributed by atoms with Gasteiger partial charge in [0.15, 0.2) is 23.0 Å². The van der Waals surface area contributed by atoms with Crippen LogP contribution in [0.3, 0.4) is 0 Å². The van der Waals surface area contributed by atoms with Gasteiger partial charge in [-0.05, 0) is 48.5 Å². The Kier molecular flexibility index (Phi) is 16.7. The predicted molar refractivity (Wildman–Crippen MR) is 138 cm³/mol. The zero-order valence-corrected chi connectivity index (χ0v) is 21.9. The Morgan fingerprint density at radius 3 is 0.649 bits per heavy atom. The van der Waals surface area contributed by atoms with Gasteiger partial charge >= 0.3 is 0 Å². The van der Waals surface area contributed by atoms with Crippen LogP contribution in [0.1, 0.15) is 0 Å². The third-order valence-electron chi connectivity index (χ3n) is 3.91. The fourth-order valence-corrected chi connectivity index (χ4v) is 2.09. The van der Waals surface area contributed by atoms with Gasteiger partial charge in [0.25, 0.3) is 0 Å². The Labute approximate surface area is 231 Å². The molecule has 4 rings (SSSR count). The molecule has 0 aliphatic heterocycles. The van der Waals surface area contributed by atoms with E-state index in [4.69, 9.17) is 20.4 Å². The Morgan fingerprint density at radius 2 is 0.459 bits per heavy atom. The van der Waals surface area contributed by atoms with Crippen molar-refractivity contribution in [2.24, 2.45) is 0 Å². The van der Waals surface area contributed by atoms with Crippen LogP contribution >= 0.6 is 0 Å². The van der Waals surface area contributed by atoms with Gasteiger partial charge in [-0.3, -0.25) is 19.2 Å². The van der Waals surface area contributed by atoms with E-state index in [2.05, 4.69) is 0 Å². The molecule has 0 amide bonds. The Bertz CT molecular complexity index is 1250. The maximum absolute atomic E-state index is 10.6. The third kappa shape index (κ3) is 14.6. The molecule has 9 heteroatoms. The molecule has 0 unspecified atom stereocenters. The molecule has 4 N–H and O–H groups in total. The summed E-state index contributed by atoms with van der Waals surface area (Å²) in [5, 5.41) is 35.1. The largest absolute Gasteiger partial charge is 0.504 e. The van der Waals surface area contributed by atoms with Crippen LogP contribution in [0, 0.1) is 0 Å². The Morgan fingerprint density at radius 1 is 0.297 bits per heavy atom. The first-order valence-corrected chi connectivity index (χ1v) is 10.4. The van der Waals surface area contributed by atoms with Gasteiger partial charge in [0.2, 0.25) is 21.7 Å². The fourth-order valence-electron chi connectivity index (χ4n) is 2.09. The Hall–Kier alpha value is -4.36. The summed E-state index contributed by atoms with van der Waals surface area (Å²) in [4.78, 5) is 42.3. The van der Waals surface area contributed by atoms with E-state index in [-0.39, 0.29) is 70.9 Å². The number of aromatic hydroxyl groups is 4. The van der Waals surface area contributed by atoms with Crippen LogP contribution in [0.15, 0.2) is 141 Å². The summed E-state index contributed by atoms with van der Waals surface area (Å²) in [5.41, 5.74) is -1.39. The molecular formula is C28H24O8Zr. The van der Waals surface area contributed by atoms with Crippen molar-refractivity contribution in [3.05, 3.63) is 162 Å².